The molecule has 0 unspecified atom stereocenters. The predicted octanol–water partition coefficient (Wildman–Crippen LogP) is 3.18. The topological polar surface area (TPSA) is 60.0 Å². The Labute approximate surface area is 151 Å². The molecule has 26 heavy (non-hydrogen) atoms. The summed E-state index contributed by atoms with van der Waals surface area (Å²) >= 11 is 0. The molecule has 0 fully saturated rings. The molecule has 0 saturated heterocycles. The normalized spacial score (nSPS) is 14.7. The summed E-state index contributed by atoms with van der Waals surface area (Å²) in [4.78, 5) is 11.6. The molecule has 5 rings (SSSR count). The minimum Gasteiger partial charge on any atom is -0.461 e. The molecule has 0 saturated carbocycles. The predicted molar refractivity (Wildman–Crippen MR) is 98.3 cm³/mol. The molecule has 0 bridgehead atoms. The fraction of sp³-hybridized carbons (Fsp3) is 0.250. The van der Waals surface area contributed by atoms with E-state index >= 15 is 0 Å². The number of para-hydroxylation sites is 1. The molecule has 1 aromatic carbocycles. The highest BCUT2D eigenvalue weighted by atomic mass is 16.3. The molecule has 0 atom stereocenters. The second kappa shape index (κ2) is 6.07. The van der Waals surface area contributed by atoms with Crippen molar-refractivity contribution in [3.05, 3.63) is 65.8 Å². The highest BCUT2D eigenvalue weighted by Gasteiger charge is 2.21. The van der Waals surface area contributed by atoms with Gasteiger partial charge in [-0.05, 0) is 18.2 Å². The number of aromatic nitrogens is 4. The second-order valence-corrected chi connectivity index (χ2v) is 6.69. The van der Waals surface area contributed by atoms with E-state index in [0.717, 1.165) is 43.2 Å². The number of benzene rings is 1. The number of fused-ring (bicyclic) bond motifs is 2. The van der Waals surface area contributed by atoms with Crippen molar-refractivity contribution in [3.63, 3.8) is 0 Å². The van der Waals surface area contributed by atoms with E-state index in [2.05, 4.69) is 34.1 Å². The fourth-order valence-corrected chi connectivity index (χ4v) is 3.65. The number of rotatable bonds is 3. The van der Waals surface area contributed by atoms with Crippen LogP contribution in [0.5, 0.6) is 0 Å². The second-order valence-electron chi connectivity index (χ2n) is 6.69. The van der Waals surface area contributed by atoms with E-state index in [1.54, 1.807) is 6.26 Å². The average Bonchev–Trinajstić information content (AvgIpc) is 3.31. The van der Waals surface area contributed by atoms with Crippen molar-refractivity contribution < 1.29 is 4.42 Å². The first-order valence-electron chi connectivity index (χ1n) is 8.79. The van der Waals surface area contributed by atoms with Crippen LogP contribution >= 0.6 is 0 Å². The third-order valence-electron chi connectivity index (χ3n) is 4.96. The van der Waals surface area contributed by atoms with Crippen LogP contribution in [0.3, 0.4) is 0 Å². The molecule has 0 radical (unpaired) electrons. The Morgan fingerprint density at radius 3 is 2.96 bits per heavy atom. The van der Waals surface area contributed by atoms with Gasteiger partial charge in [-0.1, -0.05) is 18.2 Å². The summed E-state index contributed by atoms with van der Waals surface area (Å²) in [5, 5.41) is 5.95. The van der Waals surface area contributed by atoms with Crippen molar-refractivity contribution in [3.8, 4) is 11.6 Å². The lowest BCUT2D eigenvalue weighted by atomic mass is 10.1. The highest BCUT2D eigenvalue weighted by molar-refractivity contribution is 5.81. The first kappa shape index (κ1) is 15.3. The summed E-state index contributed by atoms with van der Waals surface area (Å²) in [5.41, 5.74) is 4.60. The maximum Gasteiger partial charge on any atom is 0.195 e. The number of hydrogen-bond acceptors (Lipinski definition) is 5. The van der Waals surface area contributed by atoms with Crippen LogP contribution in [0, 0.1) is 0 Å². The van der Waals surface area contributed by atoms with Crippen molar-refractivity contribution in [2.24, 2.45) is 7.05 Å². The van der Waals surface area contributed by atoms with Crippen molar-refractivity contribution in [2.45, 2.75) is 19.5 Å². The Morgan fingerprint density at radius 1 is 1.15 bits per heavy atom. The van der Waals surface area contributed by atoms with Gasteiger partial charge in [0.05, 0.1) is 23.2 Å². The minimum absolute atomic E-state index is 0.665. The van der Waals surface area contributed by atoms with E-state index in [9.17, 15) is 0 Å². The third-order valence-corrected chi connectivity index (χ3v) is 4.96. The number of furan rings is 1. The van der Waals surface area contributed by atoms with Crippen LogP contribution in [0.4, 0.5) is 0 Å². The van der Waals surface area contributed by atoms with Crippen molar-refractivity contribution in [1.29, 1.82) is 0 Å². The molecule has 3 aromatic heterocycles. The number of aryl methyl sites for hydroxylation is 1. The van der Waals surface area contributed by atoms with E-state index in [1.165, 1.54) is 16.5 Å². The van der Waals surface area contributed by atoms with Gasteiger partial charge < -0.3 is 4.42 Å². The standard InChI is InChI=1S/C20H19N5O/c1-24-18-6-3-2-5-15(18)17(23-24)13-25-9-8-16-14(12-25)11-21-20(22-16)19-7-4-10-26-19/h2-7,10-11H,8-9,12-13H2,1H3. The molecule has 0 N–H and O–H groups in total. The number of nitrogens with zero attached hydrogens (tertiary/aromatic N) is 5. The maximum atomic E-state index is 5.41. The quantitative estimate of drug-likeness (QED) is 0.571. The Bertz CT molecular complexity index is 1070. The Morgan fingerprint density at radius 2 is 2.08 bits per heavy atom. The molecule has 1 aliphatic heterocycles. The third kappa shape index (κ3) is 2.59. The van der Waals surface area contributed by atoms with Gasteiger partial charge in [0.25, 0.3) is 0 Å². The molecular formula is C20H19N5O. The van der Waals surface area contributed by atoms with Gasteiger partial charge in [0.15, 0.2) is 11.6 Å². The van der Waals surface area contributed by atoms with Crippen LogP contribution < -0.4 is 0 Å². The highest BCUT2D eigenvalue weighted by Crippen LogP contribution is 2.24. The zero-order chi connectivity index (χ0) is 17.5. The molecule has 0 spiro atoms. The summed E-state index contributed by atoms with van der Waals surface area (Å²) in [7, 11) is 2.00. The summed E-state index contributed by atoms with van der Waals surface area (Å²) in [5.74, 6) is 1.38. The Hall–Kier alpha value is -2.99. The van der Waals surface area contributed by atoms with Gasteiger partial charge in [-0.25, -0.2) is 9.97 Å². The van der Waals surface area contributed by atoms with Gasteiger partial charge in [0.1, 0.15) is 0 Å². The van der Waals surface area contributed by atoms with Crippen LogP contribution in [0.25, 0.3) is 22.5 Å². The zero-order valence-corrected chi connectivity index (χ0v) is 14.6. The lowest BCUT2D eigenvalue weighted by Gasteiger charge is -2.27. The van der Waals surface area contributed by atoms with Gasteiger partial charge in [-0.3, -0.25) is 9.58 Å². The molecule has 0 aliphatic carbocycles. The molecular weight excluding hydrogens is 326 g/mol. The van der Waals surface area contributed by atoms with Gasteiger partial charge >= 0.3 is 0 Å². The van der Waals surface area contributed by atoms with Gasteiger partial charge in [-0.15, -0.1) is 0 Å². The fourth-order valence-electron chi connectivity index (χ4n) is 3.65. The molecule has 1 aliphatic rings. The number of hydrogen-bond donors (Lipinski definition) is 0. The van der Waals surface area contributed by atoms with E-state index in [0.29, 0.717) is 5.82 Å². The Balaban J connectivity index is 1.39. The van der Waals surface area contributed by atoms with E-state index in [4.69, 9.17) is 14.5 Å². The first-order valence-corrected chi connectivity index (χ1v) is 8.79. The van der Waals surface area contributed by atoms with Crippen molar-refractivity contribution in [1.82, 2.24) is 24.6 Å². The van der Waals surface area contributed by atoms with Crippen LogP contribution in [0.15, 0.2) is 53.3 Å². The SMILES string of the molecule is Cn1nc(CN2CCc3nc(-c4ccco4)ncc3C2)c2ccccc21. The molecule has 130 valence electrons. The maximum absolute atomic E-state index is 5.41. The summed E-state index contributed by atoms with van der Waals surface area (Å²) in [6, 6.07) is 12.1. The summed E-state index contributed by atoms with van der Waals surface area (Å²) in [6.07, 6.45) is 4.50. The van der Waals surface area contributed by atoms with Crippen LogP contribution in [0.2, 0.25) is 0 Å². The molecule has 4 aromatic rings. The van der Waals surface area contributed by atoms with Crippen LogP contribution in [0.1, 0.15) is 17.0 Å². The minimum atomic E-state index is 0.665. The first-order chi connectivity index (χ1) is 12.8. The van der Waals surface area contributed by atoms with Gasteiger partial charge in [0.2, 0.25) is 0 Å². The lowest BCUT2D eigenvalue weighted by molar-refractivity contribution is 0.240. The van der Waals surface area contributed by atoms with Crippen LogP contribution in [-0.2, 0) is 26.6 Å². The van der Waals surface area contributed by atoms with Gasteiger partial charge in [-0.2, -0.15) is 5.10 Å². The zero-order valence-electron chi connectivity index (χ0n) is 14.6. The van der Waals surface area contributed by atoms with Gasteiger partial charge in [0, 0.05) is 50.2 Å². The largest absolute Gasteiger partial charge is 0.461 e. The van der Waals surface area contributed by atoms with Crippen molar-refractivity contribution in [2.75, 3.05) is 6.54 Å². The van der Waals surface area contributed by atoms with E-state index in [-0.39, 0.29) is 0 Å². The summed E-state index contributed by atoms with van der Waals surface area (Å²) in [6.45, 7) is 2.64. The van der Waals surface area contributed by atoms with E-state index in [1.807, 2.05) is 30.1 Å². The Kier molecular flexibility index (Phi) is 3.57. The monoisotopic (exact) mass is 345 g/mol. The molecule has 6 heteroatoms. The summed E-state index contributed by atoms with van der Waals surface area (Å²) < 4.78 is 7.37. The average molecular weight is 345 g/mol. The van der Waals surface area contributed by atoms with Crippen molar-refractivity contribution >= 4 is 10.9 Å². The van der Waals surface area contributed by atoms with Crippen LogP contribution in [-0.4, -0.2) is 31.2 Å². The smallest absolute Gasteiger partial charge is 0.195 e. The molecule has 6 nitrogen and oxygen atoms in total. The molecule has 4 heterocycles. The lowest BCUT2D eigenvalue weighted by Crippen LogP contribution is -2.31. The van der Waals surface area contributed by atoms with E-state index < -0.39 is 0 Å². The molecule has 0 amide bonds.